The van der Waals surface area contributed by atoms with Crippen LogP contribution in [0.2, 0.25) is 0 Å². The van der Waals surface area contributed by atoms with E-state index < -0.39 is 6.03 Å². The Morgan fingerprint density at radius 1 is 1.11 bits per heavy atom. The zero-order valence-corrected chi connectivity index (χ0v) is 15.4. The lowest BCUT2D eigenvalue weighted by Gasteiger charge is -2.11. The maximum Gasteiger partial charge on any atom is 0.325 e. The molecule has 4 rings (SSSR count). The Labute approximate surface area is 162 Å². The summed E-state index contributed by atoms with van der Waals surface area (Å²) in [6.07, 6.45) is 6.34. The molecule has 1 aromatic heterocycles. The number of fused-ring (bicyclic) bond motifs is 1. The van der Waals surface area contributed by atoms with E-state index in [1.54, 1.807) is 37.6 Å². The predicted octanol–water partition coefficient (Wildman–Crippen LogP) is 3.37. The van der Waals surface area contributed by atoms with Gasteiger partial charge in [-0.2, -0.15) is 0 Å². The van der Waals surface area contributed by atoms with Crippen LogP contribution in [0.3, 0.4) is 0 Å². The van der Waals surface area contributed by atoms with E-state index in [0.29, 0.717) is 11.4 Å². The van der Waals surface area contributed by atoms with Gasteiger partial charge in [-0.1, -0.05) is 12.1 Å². The van der Waals surface area contributed by atoms with E-state index in [9.17, 15) is 9.59 Å². The SMILES string of the molecule is COc1cccc(NC(=O)Nc2nccn(-c3ccc4c(c3)CCC4)c2=O)c1. The molecule has 7 nitrogen and oxygen atoms in total. The van der Waals surface area contributed by atoms with E-state index in [0.717, 1.165) is 24.9 Å². The molecule has 0 bridgehead atoms. The molecule has 3 aromatic rings. The van der Waals surface area contributed by atoms with E-state index in [1.807, 2.05) is 12.1 Å². The minimum absolute atomic E-state index is 0.0385. The Balaban J connectivity index is 1.55. The number of nitrogens with zero attached hydrogens (tertiary/aromatic N) is 2. The van der Waals surface area contributed by atoms with Gasteiger partial charge in [-0.05, 0) is 54.7 Å². The zero-order valence-electron chi connectivity index (χ0n) is 15.4. The highest BCUT2D eigenvalue weighted by molar-refractivity contribution is 5.99. The Morgan fingerprint density at radius 2 is 1.96 bits per heavy atom. The number of methoxy groups -OCH3 is 1. The number of hydrogen-bond donors (Lipinski definition) is 2. The second-order valence-corrected chi connectivity index (χ2v) is 6.57. The fraction of sp³-hybridized carbons (Fsp3) is 0.190. The first-order chi connectivity index (χ1) is 13.6. The van der Waals surface area contributed by atoms with Gasteiger partial charge in [-0.15, -0.1) is 0 Å². The molecule has 0 saturated heterocycles. The van der Waals surface area contributed by atoms with Gasteiger partial charge in [0.15, 0.2) is 0 Å². The molecule has 0 radical (unpaired) electrons. The fourth-order valence-corrected chi connectivity index (χ4v) is 3.38. The van der Waals surface area contributed by atoms with Crippen LogP contribution in [-0.4, -0.2) is 22.7 Å². The van der Waals surface area contributed by atoms with Crippen molar-refractivity contribution in [3.8, 4) is 11.4 Å². The molecule has 0 spiro atoms. The molecule has 0 aliphatic heterocycles. The molecule has 7 heteroatoms. The molecule has 0 fully saturated rings. The van der Waals surface area contributed by atoms with Crippen LogP contribution in [0.5, 0.6) is 5.75 Å². The second-order valence-electron chi connectivity index (χ2n) is 6.57. The molecule has 142 valence electrons. The normalized spacial score (nSPS) is 12.3. The molecule has 2 aromatic carbocycles. The van der Waals surface area contributed by atoms with Crippen molar-refractivity contribution in [1.82, 2.24) is 9.55 Å². The number of urea groups is 1. The quantitative estimate of drug-likeness (QED) is 0.731. The Hall–Kier alpha value is -3.61. The Kier molecular flexibility index (Phi) is 4.80. The first kappa shape index (κ1) is 17.8. The van der Waals surface area contributed by atoms with Crippen LogP contribution in [0.25, 0.3) is 5.69 Å². The zero-order chi connectivity index (χ0) is 19.5. The first-order valence-corrected chi connectivity index (χ1v) is 9.06. The van der Waals surface area contributed by atoms with Crippen LogP contribution in [0, 0.1) is 0 Å². The van der Waals surface area contributed by atoms with Crippen LogP contribution in [0.4, 0.5) is 16.3 Å². The Bertz CT molecular complexity index is 1090. The van der Waals surface area contributed by atoms with Crippen molar-refractivity contribution in [2.24, 2.45) is 0 Å². The minimum atomic E-state index is -0.551. The summed E-state index contributed by atoms with van der Waals surface area (Å²) in [6.45, 7) is 0. The molecule has 1 aliphatic rings. The number of aryl methyl sites for hydroxylation is 2. The average molecular weight is 376 g/mol. The van der Waals surface area contributed by atoms with Gasteiger partial charge in [0.05, 0.1) is 7.11 Å². The minimum Gasteiger partial charge on any atom is -0.497 e. The number of anilines is 2. The summed E-state index contributed by atoms with van der Waals surface area (Å²) in [5.41, 5.74) is 3.53. The van der Waals surface area contributed by atoms with Gasteiger partial charge in [0.2, 0.25) is 5.82 Å². The van der Waals surface area contributed by atoms with Crippen LogP contribution in [0.15, 0.2) is 59.7 Å². The van der Waals surface area contributed by atoms with E-state index in [4.69, 9.17) is 4.74 Å². The van der Waals surface area contributed by atoms with Gasteiger partial charge in [0, 0.05) is 29.8 Å². The van der Waals surface area contributed by atoms with Crippen LogP contribution < -0.4 is 20.9 Å². The molecule has 1 aliphatic carbocycles. The number of carbonyl (C=O) groups excluding carboxylic acids is 1. The van der Waals surface area contributed by atoms with Gasteiger partial charge < -0.3 is 10.1 Å². The van der Waals surface area contributed by atoms with Gasteiger partial charge in [0.25, 0.3) is 5.56 Å². The summed E-state index contributed by atoms with van der Waals surface area (Å²) in [4.78, 5) is 29.1. The van der Waals surface area contributed by atoms with Crippen molar-refractivity contribution in [3.05, 3.63) is 76.3 Å². The van der Waals surface area contributed by atoms with Crippen LogP contribution in [0.1, 0.15) is 17.5 Å². The topological polar surface area (TPSA) is 85.2 Å². The fourth-order valence-electron chi connectivity index (χ4n) is 3.38. The number of carbonyl (C=O) groups is 1. The molecule has 0 saturated carbocycles. The number of amides is 2. The monoisotopic (exact) mass is 376 g/mol. The molecule has 0 unspecified atom stereocenters. The average Bonchev–Trinajstić information content (AvgIpc) is 3.17. The summed E-state index contributed by atoms with van der Waals surface area (Å²) in [7, 11) is 1.55. The lowest BCUT2D eigenvalue weighted by Crippen LogP contribution is -2.28. The molecule has 28 heavy (non-hydrogen) atoms. The van der Waals surface area contributed by atoms with Crippen molar-refractivity contribution in [2.45, 2.75) is 19.3 Å². The number of nitrogens with one attached hydrogen (secondary N) is 2. The highest BCUT2D eigenvalue weighted by atomic mass is 16.5. The van der Waals surface area contributed by atoms with Crippen molar-refractivity contribution in [2.75, 3.05) is 17.7 Å². The summed E-state index contributed by atoms with van der Waals surface area (Å²) in [5.74, 6) is 0.581. The van der Waals surface area contributed by atoms with Crippen molar-refractivity contribution in [1.29, 1.82) is 0 Å². The number of aromatic nitrogens is 2. The summed E-state index contributed by atoms with van der Waals surface area (Å²) in [5, 5.41) is 5.19. The van der Waals surface area contributed by atoms with Crippen molar-refractivity contribution >= 4 is 17.5 Å². The van der Waals surface area contributed by atoms with E-state index in [2.05, 4.69) is 21.7 Å². The third-order valence-electron chi connectivity index (χ3n) is 4.76. The third-order valence-corrected chi connectivity index (χ3v) is 4.76. The first-order valence-electron chi connectivity index (χ1n) is 9.06. The number of ether oxygens (including phenoxy) is 1. The summed E-state index contributed by atoms with van der Waals surface area (Å²) in [6, 6.07) is 12.4. The Morgan fingerprint density at radius 3 is 2.82 bits per heavy atom. The van der Waals surface area contributed by atoms with Crippen LogP contribution in [-0.2, 0) is 12.8 Å². The van der Waals surface area contributed by atoms with Gasteiger partial charge >= 0.3 is 6.03 Å². The molecule has 0 atom stereocenters. The number of rotatable bonds is 4. The molecule has 2 N–H and O–H groups in total. The van der Waals surface area contributed by atoms with Gasteiger partial charge in [-0.3, -0.25) is 14.7 Å². The van der Waals surface area contributed by atoms with Gasteiger partial charge in [-0.25, -0.2) is 9.78 Å². The predicted molar refractivity (Wildman–Crippen MR) is 107 cm³/mol. The van der Waals surface area contributed by atoms with E-state index in [-0.39, 0.29) is 11.4 Å². The molecular weight excluding hydrogens is 356 g/mol. The molecular formula is C21H20N4O3. The maximum absolute atomic E-state index is 12.8. The maximum atomic E-state index is 12.8. The highest BCUT2D eigenvalue weighted by Gasteiger charge is 2.14. The third kappa shape index (κ3) is 3.59. The standard InChI is InChI=1S/C21H20N4O3/c1-28-18-7-3-6-16(13-18)23-21(27)24-19-20(26)25(11-10-22-19)17-9-8-14-4-2-5-15(14)12-17/h3,6-13H,2,4-5H2,1H3,(H2,22,23,24,27). The lowest BCUT2D eigenvalue weighted by molar-refractivity contribution is 0.262. The van der Waals surface area contributed by atoms with E-state index in [1.165, 1.54) is 21.9 Å². The largest absolute Gasteiger partial charge is 0.497 e. The molecule has 1 heterocycles. The van der Waals surface area contributed by atoms with Crippen molar-refractivity contribution < 1.29 is 9.53 Å². The molecule has 2 amide bonds. The summed E-state index contributed by atoms with van der Waals surface area (Å²) < 4.78 is 6.63. The van der Waals surface area contributed by atoms with E-state index >= 15 is 0 Å². The van der Waals surface area contributed by atoms with Gasteiger partial charge in [0.1, 0.15) is 5.75 Å². The second kappa shape index (κ2) is 7.56. The number of hydrogen-bond acceptors (Lipinski definition) is 4. The highest BCUT2D eigenvalue weighted by Crippen LogP contribution is 2.24. The van der Waals surface area contributed by atoms with Crippen molar-refractivity contribution in [3.63, 3.8) is 0 Å². The smallest absolute Gasteiger partial charge is 0.325 e. The lowest BCUT2D eigenvalue weighted by atomic mass is 10.1. The summed E-state index contributed by atoms with van der Waals surface area (Å²) >= 11 is 0. The van der Waals surface area contributed by atoms with Crippen LogP contribution >= 0.6 is 0 Å². The number of benzene rings is 2.